The maximum atomic E-state index is 11.3. The summed E-state index contributed by atoms with van der Waals surface area (Å²) in [6, 6.07) is 0. The van der Waals surface area contributed by atoms with Gasteiger partial charge in [-0.25, -0.2) is 0 Å². The Balaban J connectivity index is 0.00000225. The quantitative estimate of drug-likeness (QED) is 0.769. The van der Waals surface area contributed by atoms with Crippen LogP contribution < -0.4 is 10.6 Å². The standard InChI is InChI=1S/C11H22N2OS.ClH/c1-15-8-5-11(14)13-7-4-10-3-2-6-12-9-10;/h10,12H,2-9H2,1H3,(H,13,14);1H. The minimum atomic E-state index is 0. The van der Waals surface area contributed by atoms with Crippen LogP contribution in [0.1, 0.15) is 25.7 Å². The largest absolute Gasteiger partial charge is 0.356 e. The van der Waals surface area contributed by atoms with E-state index in [4.69, 9.17) is 0 Å². The Labute approximate surface area is 109 Å². The summed E-state index contributed by atoms with van der Waals surface area (Å²) < 4.78 is 0. The summed E-state index contributed by atoms with van der Waals surface area (Å²) in [6.07, 6.45) is 6.40. The molecule has 1 aliphatic heterocycles. The SMILES string of the molecule is CSCCC(=O)NCCC1CCCNC1.Cl. The van der Waals surface area contributed by atoms with Gasteiger partial charge in [0.1, 0.15) is 0 Å². The van der Waals surface area contributed by atoms with E-state index in [0.717, 1.165) is 37.7 Å². The second kappa shape index (κ2) is 10.2. The van der Waals surface area contributed by atoms with E-state index in [0.29, 0.717) is 6.42 Å². The van der Waals surface area contributed by atoms with E-state index in [1.807, 2.05) is 6.26 Å². The van der Waals surface area contributed by atoms with E-state index in [2.05, 4.69) is 10.6 Å². The van der Waals surface area contributed by atoms with Crippen molar-refractivity contribution in [2.45, 2.75) is 25.7 Å². The molecule has 0 bridgehead atoms. The average molecular weight is 267 g/mol. The van der Waals surface area contributed by atoms with E-state index in [1.165, 1.54) is 12.8 Å². The lowest BCUT2D eigenvalue weighted by molar-refractivity contribution is -0.120. The fraction of sp³-hybridized carbons (Fsp3) is 0.909. The molecule has 0 spiro atoms. The molecule has 1 fully saturated rings. The smallest absolute Gasteiger partial charge is 0.220 e. The van der Waals surface area contributed by atoms with Gasteiger partial charge < -0.3 is 10.6 Å². The maximum absolute atomic E-state index is 11.3. The zero-order chi connectivity index (χ0) is 10.9. The summed E-state index contributed by atoms with van der Waals surface area (Å²) in [6.45, 7) is 3.14. The Morgan fingerprint density at radius 2 is 2.38 bits per heavy atom. The van der Waals surface area contributed by atoms with Crippen molar-refractivity contribution in [2.75, 3.05) is 31.6 Å². The maximum Gasteiger partial charge on any atom is 0.220 e. The second-order valence-corrected chi connectivity index (χ2v) is 5.08. The van der Waals surface area contributed by atoms with Crippen LogP contribution in [-0.4, -0.2) is 37.6 Å². The zero-order valence-corrected chi connectivity index (χ0v) is 11.6. The van der Waals surface area contributed by atoms with Gasteiger partial charge in [-0.2, -0.15) is 11.8 Å². The molecule has 1 aliphatic rings. The van der Waals surface area contributed by atoms with E-state index in [-0.39, 0.29) is 18.3 Å². The highest BCUT2D eigenvalue weighted by molar-refractivity contribution is 7.98. The first-order valence-electron chi connectivity index (χ1n) is 5.79. The van der Waals surface area contributed by atoms with E-state index < -0.39 is 0 Å². The molecule has 16 heavy (non-hydrogen) atoms. The molecule has 0 aromatic heterocycles. The molecule has 1 atom stereocenters. The molecule has 1 unspecified atom stereocenters. The summed E-state index contributed by atoms with van der Waals surface area (Å²) in [5, 5.41) is 6.38. The van der Waals surface area contributed by atoms with Crippen molar-refractivity contribution in [3.8, 4) is 0 Å². The van der Waals surface area contributed by atoms with Gasteiger partial charge in [-0.15, -0.1) is 12.4 Å². The third-order valence-electron chi connectivity index (χ3n) is 2.81. The molecule has 1 saturated heterocycles. The number of hydrogen-bond acceptors (Lipinski definition) is 3. The molecule has 96 valence electrons. The fourth-order valence-electron chi connectivity index (χ4n) is 1.87. The number of halogens is 1. The normalized spacial score (nSPS) is 19.9. The van der Waals surface area contributed by atoms with Crippen LogP contribution >= 0.6 is 24.2 Å². The van der Waals surface area contributed by atoms with Crippen LogP contribution in [0, 0.1) is 5.92 Å². The molecule has 2 N–H and O–H groups in total. The first-order valence-corrected chi connectivity index (χ1v) is 7.18. The van der Waals surface area contributed by atoms with Crippen LogP contribution in [0.5, 0.6) is 0 Å². The average Bonchev–Trinajstić information content (AvgIpc) is 2.28. The van der Waals surface area contributed by atoms with Gasteiger partial charge in [0.15, 0.2) is 0 Å². The monoisotopic (exact) mass is 266 g/mol. The van der Waals surface area contributed by atoms with Crippen molar-refractivity contribution in [1.82, 2.24) is 10.6 Å². The fourth-order valence-corrected chi connectivity index (χ4v) is 2.26. The van der Waals surface area contributed by atoms with Gasteiger partial charge in [-0.1, -0.05) is 0 Å². The number of hydrogen-bond donors (Lipinski definition) is 2. The Hall–Kier alpha value is 0.0700. The predicted octanol–water partition coefficient (Wildman–Crippen LogP) is 1.67. The van der Waals surface area contributed by atoms with Gasteiger partial charge in [0.25, 0.3) is 0 Å². The first kappa shape index (κ1) is 16.1. The van der Waals surface area contributed by atoms with E-state index in [1.54, 1.807) is 11.8 Å². The molecule has 0 radical (unpaired) electrons. The minimum absolute atomic E-state index is 0. The lowest BCUT2D eigenvalue weighted by atomic mass is 9.96. The second-order valence-electron chi connectivity index (χ2n) is 4.09. The van der Waals surface area contributed by atoms with Crippen LogP contribution in [-0.2, 0) is 4.79 Å². The van der Waals surface area contributed by atoms with Crippen LogP contribution in [0.4, 0.5) is 0 Å². The van der Waals surface area contributed by atoms with Crippen molar-refractivity contribution in [2.24, 2.45) is 5.92 Å². The minimum Gasteiger partial charge on any atom is -0.356 e. The van der Waals surface area contributed by atoms with Gasteiger partial charge in [0.2, 0.25) is 5.91 Å². The van der Waals surface area contributed by atoms with Crippen molar-refractivity contribution < 1.29 is 4.79 Å². The van der Waals surface area contributed by atoms with Gasteiger partial charge in [-0.3, -0.25) is 4.79 Å². The third kappa shape index (κ3) is 7.36. The van der Waals surface area contributed by atoms with Crippen molar-refractivity contribution in [1.29, 1.82) is 0 Å². The molecule has 1 heterocycles. The number of carbonyl (C=O) groups is 1. The molecule has 5 heteroatoms. The molecular weight excluding hydrogens is 244 g/mol. The number of thioether (sulfide) groups is 1. The summed E-state index contributed by atoms with van der Waals surface area (Å²) in [5.74, 6) is 1.89. The lowest BCUT2D eigenvalue weighted by Gasteiger charge is -2.22. The number of carbonyl (C=O) groups excluding carboxylic acids is 1. The molecule has 0 aromatic carbocycles. The first-order chi connectivity index (χ1) is 7.33. The molecule has 0 saturated carbocycles. The number of nitrogens with one attached hydrogen (secondary N) is 2. The highest BCUT2D eigenvalue weighted by Gasteiger charge is 2.12. The summed E-state index contributed by atoms with van der Waals surface area (Å²) in [4.78, 5) is 11.3. The molecule has 1 rings (SSSR count). The van der Waals surface area contributed by atoms with Gasteiger partial charge >= 0.3 is 0 Å². The van der Waals surface area contributed by atoms with Crippen LogP contribution in [0.25, 0.3) is 0 Å². The summed E-state index contributed by atoms with van der Waals surface area (Å²) >= 11 is 1.72. The highest BCUT2D eigenvalue weighted by Crippen LogP contribution is 2.12. The Morgan fingerprint density at radius 1 is 1.56 bits per heavy atom. The van der Waals surface area contributed by atoms with E-state index >= 15 is 0 Å². The molecule has 0 aliphatic carbocycles. The Morgan fingerprint density at radius 3 is 3.00 bits per heavy atom. The van der Waals surface area contributed by atoms with Gasteiger partial charge in [0.05, 0.1) is 0 Å². The summed E-state index contributed by atoms with van der Waals surface area (Å²) in [5.41, 5.74) is 0. The molecule has 0 aromatic rings. The zero-order valence-electron chi connectivity index (χ0n) is 9.96. The van der Waals surface area contributed by atoms with Gasteiger partial charge in [-0.05, 0) is 44.5 Å². The lowest BCUT2D eigenvalue weighted by Crippen LogP contribution is -2.33. The molecular formula is C11H23ClN2OS. The van der Waals surface area contributed by atoms with Crippen molar-refractivity contribution in [3.63, 3.8) is 0 Å². The van der Waals surface area contributed by atoms with E-state index in [9.17, 15) is 4.79 Å². The van der Waals surface area contributed by atoms with Crippen molar-refractivity contribution >= 4 is 30.1 Å². The molecule has 1 amide bonds. The number of piperidine rings is 1. The van der Waals surface area contributed by atoms with Gasteiger partial charge in [0, 0.05) is 18.7 Å². The third-order valence-corrected chi connectivity index (χ3v) is 3.42. The predicted molar refractivity (Wildman–Crippen MR) is 73.5 cm³/mol. The molecule has 3 nitrogen and oxygen atoms in total. The van der Waals surface area contributed by atoms with Crippen LogP contribution in [0.15, 0.2) is 0 Å². The van der Waals surface area contributed by atoms with Crippen LogP contribution in [0.3, 0.4) is 0 Å². The van der Waals surface area contributed by atoms with Crippen molar-refractivity contribution in [3.05, 3.63) is 0 Å². The number of rotatable bonds is 6. The summed E-state index contributed by atoms with van der Waals surface area (Å²) in [7, 11) is 0. The Bertz CT molecular complexity index is 187. The Kier molecular flexibility index (Phi) is 10.3. The number of amides is 1. The van der Waals surface area contributed by atoms with Crippen LogP contribution in [0.2, 0.25) is 0 Å². The topological polar surface area (TPSA) is 41.1 Å². The highest BCUT2D eigenvalue weighted by atomic mass is 35.5.